The van der Waals surface area contributed by atoms with Crippen LogP contribution >= 0.6 is 0 Å². The number of guanidine groups is 1. The van der Waals surface area contributed by atoms with E-state index in [4.69, 9.17) is 17.2 Å². The molecule has 0 spiro atoms. The van der Waals surface area contributed by atoms with E-state index < -0.39 is 102 Å². The van der Waals surface area contributed by atoms with Crippen molar-refractivity contribution in [2.75, 3.05) is 13.1 Å². The van der Waals surface area contributed by atoms with Crippen molar-refractivity contribution in [3.8, 4) is 0 Å². The van der Waals surface area contributed by atoms with Gasteiger partial charge in [0.05, 0.1) is 12.4 Å². The number of aromatic nitrogens is 2. The highest BCUT2D eigenvalue weighted by Crippen LogP contribution is 2.19. The third kappa shape index (κ3) is 18.5. The first-order valence-corrected chi connectivity index (χ1v) is 24.9. The van der Waals surface area contributed by atoms with E-state index >= 15 is 0 Å². The lowest BCUT2D eigenvalue weighted by molar-refractivity contribution is -0.135. The molecule has 74 heavy (non-hydrogen) atoms. The molecule has 0 radical (unpaired) electrons. The van der Waals surface area contributed by atoms with Crippen molar-refractivity contribution in [1.82, 2.24) is 47.2 Å². The smallest absolute Gasteiger partial charge is 0.243 e. The highest BCUT2D eigenvalue weighted by Gasteiger charge is 2.35. The summed E-state index contributed by atoms with van der Waals surface area (Å²) in [5.41, 5.74) is 18.8. The molecule has 0 saturated carbocycles. The van der Waals surface area contributed by atoms with Gasteiger partial charge in [-0.05, 0) is 54.0 Å². The number of amides is 8. The third-order valence-corrected chi connectivity index (χ3v) is 12.6. The van der Waals surface area contributed by atoms with E-state index in [9.17, 15) is 43.2 Å². The molecular weight excluding hydrogens is 951 g/mol. The quantitative estimate of drug-likeness (QED) is 0.0339. The molecule has 0 aliphatic carbocycles. The fourth-order valence-corrected chi connectivity index (χ4v) is 8.56. The molecule has 8 amide bonds. The third-order valence-electron chi connectivity index (χ3n) is 12.6. The minimum absolute atomic E-state index is 0.00282. The molecular formula is C52H69N13O9. The molecule has 4 aromatic rings. The van der Waals surface area contributed by atoms with Crippen LogP contribution in [0, 0.1) is 5.92 Å². The zero-order valence-corrected chi connectivity index (χ0v) is 41.8. The second-order valence-corrected chi connectivity index (χ2v) is 18.5. The Bertz CT molecular complexity index is 2610. The number of imidazole rings is 1. The predicted molar refractivity (Wildman–Crippen MR) is 276 cm³/mol. The van der Waals surface area contributed by atoms with Gasteiger partial charge in [0.1, 0.15) is 30.2 Å². The first-order valence-electron chi connectivity index (χ1n) is 24.9. The van der Waals surface area contributed by atoms with Gasteiger partial charge in [0, 0.05) is 69.9 Å². The molecule has 1 aromatic heterocycles. The Morgan fingerprint density at radius 3 is 2.14 bits per heavy atom. The molecule has 7 atom stereocenters. The summed E-state index contributed by atoms with van der Waals surface area (Å²) in [5, 5.41) is 20.9. The van der Waals surface area contributed by atoms with Crippen molar-refractivity contribution < 1.29 is 43.2 Å². The van der Waals surface area contributed by atoms with Crippen LogP contribution in [0.1, 0.15) is 88.5 Å². The van der Waals surface area contributed by atoms with Gasteiger partial charge in [-0.15, -0.1) is 0 Å². The average Bonchev–Trinajstić information content (AvgIpc) is 3.89. The van der Waals surface area contributed by atoms with Crippen molar-refractivity contribution in [3.63, 3.8) is 0 Å². The lowest BCUT2D eigenvalue weighted by Gasteiger charge is -2.27. The lowest BCUT2D eigenvalue weighted by atomic mass is 9.91. The zero-order chi connectivity index (χ0) is 53.6. The maximum absolute atomic E-state index is 14.6. The number of aromatic amines is 1. The number of H-pyrrole nitrogens is 1. The zero-order valence-electron chi connectivity index (χ0n) is 41.8. The van der Waals surface area contributed by atoms with Crippen molar-refractivity contribution in [3.05, 3.63) is 102 Å². The van der Waals surface area contributed by atoms with Crippen LogP contribution in [0.15, 0.2) is 90.3 Å². The number of Topliss-reactive ketones (excluding diaryl/α,β-unsaturated/α-hetero) is 1. The summed E-state index contributed by atoms with van der Waals surface area (Å²) in [4.78, 5) is 136. The fraction of sp³-hybridized carbons (Fsp3) is 0.442. The summed E-state index contributed by atoms with van der Waals surface area (Å²) >= 11 is 0. The van der Waals surface area contributed by atoms with Crippen molar-refractivity contribution in [2.24, 2.45) is 28.1 Å². The standard InChI is InChI=1S/C52H69N13O9/c1-3-4-15-39(60-31(2)66)48(71)62-40-19-20-45(68)57-23-21-36(47(70)63-41(46(53)69)26-33-17-18-34-13-8-9-14-35(34)24-33)27-44(67)38(16-10-22-58-52(54)55)61-50(73)42(25-32-11-6-5-7-12-32)64-51(74)43(65-49(40)72)28-37-29-56-30-59-37/h5-9,11-14,17-18,24,29-30,36,38-43H,3-4,10,15-16,19-23,25-28H2,1-2H3,(H2,53,69)(H,56,59)(H,57,68)(H,60,66)(H,61,73)(H,62,71)(H,63,70)(H,64,74)(H,65,72)(H4,54,55,58)/t36-,38+,39+,40+,41-,42-,43+/m1/s1. The van der Waals surface area contributed by atoms with Crippen LogP contribution in [0.3, 0.4) is 0 Å². The number of nitrogens with two attached hydrogens (primary N) is 3. The highest BCUT2D eigenvalue weighted by molar-refractivity contribution is 5.98. The first-order chi connectivity index (χ1) is 35.5. The van der Waals surface area contributed by atoms with Gasteiger partial charge in [0.25, 0.3) is 0 Å². The molecule has 5 rings (SSSR count). The van der Waals surface area contributed by atoms with E-state index in [0.717, 1.165) is 10.8 Å². The van der Waals surface area contributed by atoms with Crippen molar-refractivity contribution in [2.45, 2.75) is 127 Å². The number of carbonyl (C=O) groups excluding carboxylic acids is 9. The molecule has 3 aromatic carbocycles. The van der Waals surface area contributed by atoms with Crippen LogP contribution in [-0.4, -0.2) is 118 Å². The number of nitrogens with one attached hydrogen (secondary N) is 8. The van der Waals surface area contributed by atoms with Crippen LogP contribution in [0.5, 0.6) is 0 Å². The number of aliphatic imine (C=N–C) groups is 1. The summed E-state index contributed by atoms with van der Waals surface area (Å²) in [5.74, 6) is -7.69. The maximum atomic E-state index is 14.6. The summed E-state index contributed by atoms with van der Waals surface area (Å²) in [6, 6.07) is 14.3. The van der Waals surface area contributed by atoms with Gasteiger partial charge in [-0.3, -0.25) is 48.1 Å². The van der Waals surface area contributed by atoms with E-state index in [0.29, 0.717) is 29.7 Å². The molecule has 14 N–H and O–H groups in total. The second kappa shape index (κ2) is 28.8. The Morgan fingerprint density at radius 2 is 1.46 bits per heavy atom. The first kappa shape index (κ1) is 56.7. The number of ketones is 1. The molecule has 22 nitrogen and oxygen atoms in total. The van der Waals surface area contributed by atoms with Gasteiger partial charge in [-0.1, -0.05) is 92.6 Å². The number of primary amides is 1. The van der Waals surface area contributed by atoms with Gasteiger partial charge < -0.3 is 59.4 Å². The van der Waals surface area contributed by atoms with Gasteiger partial charge in [-0.25, -0.2) is 4.98 Å². The van der Waals surface area contributed by atoms with Gasteiger partial charge in [0.15, 0.2) is 11.7 Å². The molecule has 1 saturated heterocycles. The van der Waals surface area contributed by atoms with Crippen LogP contribution in [0.2, 0.25) is 0 Å². The monoisotopic (exact) mass is 1020 g/mol. The number of carbonyl (C=O) groups is 9. The largest absolute Gasteiger partial charge is 0.370 e. The van der Waals surface area contributed by atoms with E-state index in [2.05, 4.69) is 52.2 Å². The van der Waals surface area contributed by atoms with Crippen LogP contribution in [0.25, 0.3) is 10.8 Å². The average molecular weight is 1020 g/mol. The maximum Gasteiger partial charge on any atom is 0.243 e. The van der Waals surface area contributed by atoms with Crippen molar-refractivity contribution >= 4 is 69.8 Å². The lowest BCUT2D eigenvalue weighted by Crippen LogP contribution is -2.59. The number of rotatable bonds is 19. The normalized spacial score (nSPS) is 20.1. The van der Waals surface area contributed by atoms with Gasteiger partial charge in [0.2, 0.25) is 47.3 Å². The summed E-state index contributed by atoms with van der Waals surface area (Å²) in [6.45, 7) is 3.09. The molecule has 1 fully saturated rings. The molecule has 396 valence electrons. The predicted octanol–water partition coefficient (Wildman–Crippen LogP) is 0.124. The minimum atomic E-state index is -1.42. The Hall–Kier alpha value is -8.17. The molecule has 0 unspecified atom stereocenters. The number of fused-ring (bicyclic) bond motifs is 1. The number of unbranched alkanes of at least 4 members (excludes halogenated alkanes) is 1. The van der Waals surface area contributed by atoms with Gasteiger partial charge >= 0.3 is 0 Å². The van der Waals surface area contributed by atoms with E-state index in [1.807, 2.05) is 49.4 Å². The molecule has 2 heterocycles. The summed E-state index contributed by atoms with van der Waals surface area (Å²) in [6.07, 6.45) is 3.14. The van der Waals surface area contributed by atoms with Crippen LogP contribution in [-0.2, 0) is 62.4 Å². The molecule has 0 bridgehead atoms. The topological polar surface area (TPSA) is 357 Å². The Morgan fingerprint density at radius 1 is 0.770 bits per heavy atom. The van der Waals surface area contributed by atoms with Crippen LogP contribution < -0.4 is 54.4 Å². The molecule has 1 aliphatic heterocycles. The van der Waals surface area contributed by atoms with E-state index in [1.54, 1.807) is 30.3 Å². The second-order valence-electron chi connectivity index (χ2n) is 18.5. The SMILES string of the molecule is CCCC[C@H](NC(C)=O)C(=O)N[C@H]1CCC(=O)NCC[C@@H](C(=O)N[C@H](Cc2ccc3ccccc3c2)C(N)=O)CC(=O)[C@H](CCCN=C(N)N)NC(=O)[C@@H](Cc2ccccc2)NC(=O)[C@H](Cc2cnc[nH]2)NC1=O. The summed E-state index contributed by atoms with van der Waals surface area (Å²) in [7, 11) is 0. The van der Waals surface area contributed by atoms with E-state index in [-0.39, 0.29) is 76.8 Å². The van der Waals surface area contributed by atoms with E-state index in [1.165, 1.54) is 19.4 Å². The number of hydrogen-bond donors (Lipinski definition) is 11. The Labute approximate surface area is 429 Å². The highest BCUT2D eigenvalue weighted by atomic mass is 16.2. The number of hydrogen-bond acceptors (Lipinski definition) is 11. The Kier molecular flexibility index (Phi) is 22.1. The van der Waals surface area contributed by atoms with Gasteiger partial charge in [-0.2, -0.15) is 0 Å². The van der Waals surface area contributed by atoms with Crippen LogP contribution in [0.4, 0.5) is 0 Å². The number of benzene rings is 3. The number of nitrogens with zero attached hydrogens (tertiary/aromatic N) is 2. The summed E-state index contributed by atoms with van der Waals surface area (Å²) < 4.78 is 0. The fourth-order valence-electron chi connectivity index (χ4n) is 8.56. The Balaban J connectivity index is 1.52. The van der Waals surface area contributed by atoms with Crippen molar-refractivity contribution in [1.29, 1.82) is 0 Å². The minimum Gasteiger partial charge on any atom is -0.370 e. The molecule has 22 heteroatoms. The molecule has 1 aliphatic rings.